The Morgan fingerprint density at radius 3 is 2.47 bits per heavy atom. The highest BCUT2D eigenvalue weighted by atomic mass is 32.2. The molecule has 0 saturated carbocycles. The second-order valence-electron chi connectivity index (χ2n) is 4.87. The van der Waals surface area contributed by atoms with E-state index in [4.69, 9.17) is 4.74 Å². The molecular formula is C10H16O6S. The van der Waals surface area contributed by atoms with Gasteiger partial charge < -0.3 is 14.9 Å². The first-order valence-corrected chi connectivity index (χ1v) is 7.39. The smallest absolute Gasteiger partial charge is 0.312 e. The predicted octanol–water partition coefficient (Wildman–Crippen LogP) is -0.727. The molecule has 0 aromatic carbocycles. The van der Waals surface area contributed by atoms with Crippen LogP contribution in [0.2, 0.25) is 0 Å². The minimum Gasteiger partial charge on any atom is -0.481 e. The molecule has 6 nitrogen and oxygen atoms in total. The Hall–Kier alpha value is -0.660. The molecule has 98 valence electrons. The van der Waals surface area contributed by atoms with Crippen LogP contribution in [0.3, 0.4) is 0 Å². The zero-order valence-electron chi connectivity index (χ0n) is 9.33. The summed E-state index contributed by atoms with van der Waals surface area (Å²) in [4.78, 5) is 11.4. The highest BCUT2D eigenvalue weighted by Crippen LogP contribution is 2.42. The van der Waals surface area contributed by atoms with Crippen LogP contribution >= 0.6 is 0 Å². The minimum absolute atomic E-state index is 0.0143. The Kier molecular flexibility index (Phi) is 3.17. The van der Waals surface area contributed by atoms with E-state index in [1.54, 1.807) is 0 Å². The lowest BCUT2D eigenvalue weighted by atomic mass is 9.70. The van der Waals surface area contributed by atoms with Crippen LogP contribution in [-0.2, 0) is 19.4 Å². The topological polar surface area (TPSA) is 101 Å². The zero-order valence-corrected chi connectivity index (χ0v) is 10.1. The molecule has 0 aromatic rings. The summed E-state index contributed by atoms with van der Waals surface area (Å²) in [5, 5.41) is 19.1. The molecule has 0 aromatic heterocycles. The Morgan fingerprint density at radius 2 is 2.06 bits per heavy atom. The Bertz CT molecular complexity index is 409. The van der Waals surface area contributed by atoms with E-state index in [9.17, 15) is 23.4 Å². The van der Waals surface area contributed by atoms with Crippen molar-refractivity contribution in [2.45, 2.75) is 18.9 Å². The first-order chi connectivity index (χ1) is 7.87. The van der Waals surface area contributed by atoms with Crippen LogP contribution < -0.4 is 0 Å². The molecule has 2 rings (SSSR count). The van der Waals surface area contributed by atoms with Gasteiger partial charge in [-0.2, -0.15) is 0 Å². The first kappa shape index (κ1) is 12.8. The third-order valence-electron chi connectivity index (χ3n) is 3.73. The van der Waals surface area contributed by atoms with Gasteiger partial charge in [0, 0.05) is 12.5 Å². The van der Waals surface area contributed by atoms with Crippen molar-refractivity contribution >= 4 is 15.8 Å². The molecule has 0 aliphatic carbocycles. The number of aliphatic carboxylic acids is 1. The summed E-state index contributed by atoms with van der Waals surface area (Å²) in [6, 6.07) is 0. The van der Waals surface area contributed by atoms with Crippen LogP contribution in [0.1, 0.15) is 12.8 Å². The van der Waals surface area contributed by atoms with E-state index < -0.39 is 33.2 Å². The van der Waals surface area contributed by atoms with E-state index in [-0.39, 0.29) is 18.1 Å². The summed E-state index contributed by atoms with van der Waals surface area (Å²) in [5.41, 5.74) is -1.25. The van der Waals surface area contributed by atoms with Gasteiger partial charge in [-0.05, 0) is 12.8 Å². The molecule has 3 unspecified atom stereocenters. The van der Waals surface area contributed by atoms with Crippen LogP contribution in [0, 0.1) is 11.3 Å². The second kappa shape index (κ2) is 4.22. The fourth-order valence-corrected chi connectivity index (χ4v) is 4.77. The van der Waals surface area contributed by atoms with E-state index >= 15 is 0 Å². The van der Waals surface area contributed by atoms with Gasteiger partial charge in [-0.1, -0.05) is 0 Å². The summed E-state index contributed by atoms with van der Waals surface area (Å²) in [7, 11) is -3.33. The number of carboxylic acids is 1. The number of aliphatic hydroxyl groups is 1. The van der Waals surface area contributed by atoms with Crippen molar-refractivity contribution < 1.29 is 28.2 Å². The fraction of sp³-hybridized carbons (Fsp3) is 0.900. The summed E-state index contributed by atoms with van der Waals surface area (Å²) >= 11 is 0. The standard InChI is InChI=1S/C10H16O6S/c11-8-5-17(14,15)4-7(8)10(9(12)13)2-1-3-16-6-10/h7-8,11H,1-6H2,(H,12,13). The Labute approximate surface area is 99.5 Å². The number of hydrogen-bond acceptors (Lipinski definition) is 5. The lowest BCUT2D eigenvalue weighted by molar-refractivity contribution is -0.166. The molecule has 0 spiro atoms. The first-order valence-electron chi connectivity index (χ1n) is 5.57. The van der Waals surface area contributed by atoms with Crippen molar-refractivity contribution in [2.75, 3.05) is 24.7 Å². The quantitative estimate of drug-likeness (QED) is 0.682. The molecule has 2 aliphatic rings. The third-order valence-corrected chi connectivity index (χ3v) is 5.45. The maximum absolute atomic E-state index is 11.5. The van der Waals surface area contributed by atoms with Crippen molar-refractivity contribution in [3.8, 4) is 0 Å². The van der Waals surface area contributed by atoms with Gasteiger partial charge in [-0.3, -0.25) is 4.79 Å². The molecule has 2 N–H and O–H groups in total. The Morgan fingerprint density at radius 1 is 1.35 bits per heavy atom. The average molecular weight is 264 g/mol. The fourth-order valence-electron chi connectivity index (χ4n) is 2.79. The molecule has 0 radical (unpaired) electrons. The van der Waals surface area contributed by atoms with Crippen molar-refractivity contribution in [3.05, 3.63) is 0 Å². The van der Waals surface area contributed by atoms with Gasteiger partial charge in [0.15, 0.2) is 9.84 Å². The molecular weight excluding hydrogens is 248 g/mol. The largest absolute Gasteiger partial charge is 0.481 e. The summed E-state index contributed by atoms with van der Waals surface area (Å²) < 4.78 is 28.1. The van der Waals surface area contributed by atoms with Crippen LogP contribution in [0.25, 0.3) is 0 Å². The highest BCUT2D eigenvalue weighted by Gasteiger charge is 2.55. The molecule has 7 heteroatoms. The monoisotopic (exact) mass is 264 g/mol. The molecule has 3 atom stereocenters. The van der Waals surface area contributed by atoms with Crippen molar-refractivity contribution in [2.24, 2.45) is 11.3 Å². The number of carbonyl (C=O) groups is 1. The van der Waals surface area contributed by atoms with Crippen LogP contribution in [-0.4, -0.2) is 55.4 Å². The van der Waals surface area contributed by atoms with Crippen molar-refractivity contribution in [1.29, 1.82) is 0 Å². The number of rotatable bonds is 2. The average Bonchev–Trinajstić information content (AvgIpc) is 2.53. The molecule has 17 heavy (non-hydrogen) atoms. The van der Waals surface area contributed by atoms with Gasteiger partial charge in [0.2, 0.25) is 0 Å². The van der Waals surface area contributed by atoms with Gasteiger partial charge in [-0.15, -0.1) is 0 Å². The van der Waals surface area contributed by atoms with Crippen molar-refractivity contribution in [3.63, 3.8) is 0 Å². The molecule has 0 amide bonds. The second-order valence-corrected chi connectivity index (χ2v) is 7.02. The van der Waals surface area contributed by atoms with Crippen LogP contribution in [0.15, 0.2) is 0 Å². The molecule has 2 fully saturated rings. The zero-order chi connectivity index (χ0) is 12.7. The van der Waals surface area contributed by atoms with E-state index in [2.05, 4.69) is 0 Å². The number of carboxylic acid groups (broad SMARTS) is 1. The van der Waals surface area contributed by atoms with Gasteiger partial charge >= 0.3 is 5.97 Å². The maximum atomic E-state index is 11.5. The SMILES string of the molecule is O=C(O)C1(C2CS(=O)(=O)CC2O)CCCOC1. The number of aliphatic hydroxyl groups excluding tert-OH is 1. The van der Waals surface area contributed by atoms with Gasteiger partial charge in [0.1, 0.15) is 0 Å². The molecule has 0 bridgehead atoms. The summed E-state index contributed by atoms with van der Waals surface area (Å²) in [6.07, 6.45) is -0.160. The van der Waals surface area contributed by atoms with Gasteiger partial charge in [0.05, 0.1) is 29.6 Å². The number of ether oxygens (including phenoxy) is 1. The van der Waals surface area contributed by atoms with Crippen LogP contribution in [0.5, 0.6) is 0 Å². The van der Waals surface area contributed by atoms with E-state index in [1.807, 2.05) is 0 Å². The lowest BCUT2D eigenvalue weighted by Crippen LogP contribution is -2.49. The third kappa shape index (κ3) is 2.19. The summed E-state index contributed by atoms with van der Waals surface area (Å²) in [6.45, 7) is 0.476. The minimum atomic E-state index is -3.33. The van der Waals surface area contributed by atoms with Crippen molar-refractivity contribution in [1.82, 2.24) is 0 Å². The number of hydrogen-bond donors (Lipinski definition) is 2. The van der Waals surface area contributed by atoms with Crippen LogP contribution in [0.4, 0.5) is 0 Å². The summed E-state index contributed by atoms with van der Waals surface area (Å²) in [5.74, 6) is -2.43. The normalized spacial score (nSPS) is 41.2. The Balaban J connectivity index is 2.31. The molecule has 2 saturated heterocycles. The lowest BCUT2D eigenvalue weighted by Gasteiger charge is -2.38. The molecule has 2 aliphatic heterocycles. The molecule has 2 heterocycles. The maximum Gasteiger partial charge on any atom is 0.312 e. The highest BCUT2D eigenvalue weighted by molar-refractivity contribution is 7.91. The van der Waals surface area contributed by atoms with E-state index in [0.717, 1.165) is 0 Å². The van der Waals surface area contributed by atoms with E-state index in [0.29, 0.717) is 19.4 Å². The van der Waals surface area contributed by atoms with E-state index in [1.165, 1.54) is 0 Å². The van der Waals surface area contributed by atoms with Gasteiger partial charge in [-0.25, -0.2) is 8.42 Å². The number of sulfone groups is 1. The predicted molar refractivity (Wildman–Crippen MR) is 58.3 cm³/mol. The van der Waals surface area contributed by atoms with Gasteiger partial charge in [0.25, 0.3) is 0 Å².